The fourth-order valence-electron chi connectivity index (χ4n) is 2.43. The van der Waals surface area contributed by atoms with Gasteiger partial charge in [0, 0.05) is 17.3 Å². The van der Waals surface area contributed by atoms with Crippen molar-refractivity contribution in [2.24, 2.45) is 0 Å². The Kier molecular flexibility index (Phi) is 3.12. The molecule has 4 rings (SSSR count). The summed E-state index contributed by atoms with van der Waals surface area (Å²) in [5.74, 6) is 0. The normalized spacial score (nSPS) is 10.8. The Morgan fingerprint density at radius 2 is 1.87 bits per heavy atom. The summed E-state index contributed by atoms with van der Waals surface area (Å²) in [6.07, 6.45) is 3.04. The zero-order valence-electron chi connectivity index (χ0n) is 12.0. The molecule has 6 nitrogen and oxygen atoms in total. The molecule has 0 radical (unpaired) electrons. The standard InChI is InChI=1S/C17H12N4O2/c22-17(20-11-5-6-16-15(9-11)19-10-23-16)21-14-7-8-18-13-4-2-1-3-12(13)14/h1-10H,(H2,18,20,21,22). The third-order valence-electron chi connectivity index (χ3n) is 3.49. The Labute approximate surface area is 131 Å². The van der Waals surface area contributed by atoms with Crippen molar-refractivity contribution < 1.29 is 9.21 Å². The summed E-state index contributed by atoms with van der Waals surface area (Å²) < 4.78 is 5.18. The molecule has 0 fully saturated rings. The summed E-state index contributed by atoms with van der Waals surface area (Å²) in [4.78, 5) is 20.5. The zero-order valence-corrected chi connectivity index (χ0v) is 12.0. The summed E-state index contributed by atoms with van der Waals surface area (Å²) in [5, 5.41) is 6.51. The summed E-state index contributed by atoms with van der Waals surface area (Å²) in [7, 11) is 0. The van der Waals surface area contributed by atoms with E-state index in [4.69, 9.17) is 4.42 Å². The number of pyridine rings is 1. The molecule has 0 bridgehead atoms. The number of carbonyl (C=O) groups is 1. The Hall–Kier alpha value is -3.41. The van der Waals surface area contributed by atoms with Gasteiger partial charge in [-0.2, -0.15) is 0 Å². The smallest absolute Gasteiger partial charge is 0.323 e. The van der Waals surface area contributed by atoms with Crippen LogP contribution >= 0.6 is 0 Å². The van der Waals surface area contributed by atoms with E-state index in [0.29, 0.717) is 22.5 Å². The first kappa shape index (κ1) is 13.3. The maximum absolute atomic E-state index is 12.2. The number of amides is 2. The van der Waals surface area contributed by atoms with Crippen LogP contribution in [0.2, 0.25) is 0 Å². The molecular formula is C17H12N4O2. The summed E-state index contributed by atoms with van der Waals surface area (Å²) in [5.41, 5.74) is 3.54. The van der Waals surface area contributed by atoms with Crippen molar-refractivity contribution in [2.75, 3.05) is 10.6 Å². The van der Waals surface area contributed by atoms with E-state index >= 15 is 0 Å². The molecule has 0 saturated heterocycles. The van der Waals surface area contributed by atoms with Gasteiger partial charge in [-0.1, -0.05) is 18.2 Å². The number of aromatic nitrogens is 2. The molecule has 0 atom stereocenters. The molecule has 2 aromatic carbocycles. The number of fused-ring (bicyclic) bond motifs is 2. The highest BCUT2D eigenvalue weighted by Gasteiger charge is 2.07. The van der Waals surface area contributed by atoms with Crippen LogP contribution in [-0.4, -0.2) is 16.0 Å². The molecule has 6 heteroatoms. The Morgan fingerprint density at radius 3 is 2.83 bits per heavy atom. The van der Waals surface area contributed by atoms with E-state index in [1.807, 2.05) is 24.3 Å². The maximum atomic E-state index is 12.2. The van der Waals surface area contributed by atoms with Crippen LogP contribution in [0.3, 0.4) is 0 Å². The van der Waals surface area contributed by atoms with Gasteiger partial charge in [0.05, 0.1) is 11.2 Å². The van der Waals surface area contributed by atoms with E-state index in [1.165, 1.54) is 6.39 Å². The molecule has 112 valence electrons. The average molecular weight is 304 g/mol. The van der Waals surface area contributed by atoms with Crippen LogP contribution in [0.1, 0.15) is 0 Å². The van der Waals surface area contributed by atoms with Crippen LogP contribution < -0.4 is 10.6 Å². The SMILES string of the molecule is O=C(Nc1ccc2ocnc2c1)Nc1ccnc2ccccc12. The lowest BCUT2D eigenvalue weighted by atomic mass is 10.2. The third kappa shape index (κ3) is 2.57. The molecule has 0 spiro atoms. The minimum atomic E-state index is -0.329. The van der Waals surface area contributed by atoms with Crippen molar-refractivity contribution >= 4 is 39.4 Å². The average Bonchev–Trinajstić information content (AvgIpc) is 3.03. The molecule has 4 aromatic rings. The molecule has 0 aliphatic rings. The second-order valence-electron chi connectivity index (χ2n) is 4.99. The van der Waals surface area contributed by atoms with Gasteiger partial charge in [0.2, 0.25) is 0 Å². The van der Waals surface area contributed by atoms with Gasteiger partial charge in [0.25, 0.3) is 0 Å². The fourth-order valence-corrected chi connectivity index (χ4v) is 2.43. The number of oxazole rings is 1. The second kappa shape index (κ2) is 5.42. The second-order valence-corrected chi connectivity index (χ2v) is 4.99. The maximum Gasteiger partial charge on any atom is 0.323 e. The number of para-hydroxylation sites is 1. The first-order valence-electron chi connectivity index (χ1n) is 7.04. The fraction of sp³-hybridized carbons (Fsp3) is 0. The van der Waals surface area contributed by atoms with Gasteiger partial charge in [0.15, 0.2) is 12.0 Å². The minimum Gasteiger partial charge on any atom is -0.443 e. The van der Waals surface area contributed by atoms with Gasteiger partial charge in [0.1, 0.15) is 5.52 Å². The minimum absolute atomic E-state index is 0.329. The predicted molar refractivity (Wildman–Crippen MR) is 88.4 cm³/mol. The number of rotatable bonds is 2. The quantitative estimate of drug-likeness (QED) is 0.586. The predicted octanol–water partition coefficient (Wildman–Crippen LogP) is 4.02. The van der Waals surface area contributed by atoms with E-state index in [0.717, 1.165) is 10.9 Å². The van der Waals surface area contributed by atoms with Gasteiger partial charge < -0.3 is 15.1 Å². The highest BCUT2D eigenvalue weighted by atomic mass is 16.3. The van der Waals surface area contributed by atoms with Crippen LogP contribution in [0.4, 0.5) is 16.2 Å². The molecule has 0 aliphatic carbocycles. The number of nitrogens with one attached hydrogen (secondary N) is 2. The van der Waals surface area contributed by atoms with Crippen molar-refractivity contribution in [3.05, 3.63) is 61.1 Å². The number of hydrogen-bond donors (Lipinski definition) is 2. The number of hydrogen-bond acceptors (Lipinski definition) is 4. The van der Waals surface area contributed by atoms with Crippen LogP contribution in [-0.2, 0) is 0 Å². The number of anilines is 2. The van der Waals surface area contributed by atoms with Gasteiger partial charge in [-0.15, -0.1) is 0 Å². The van der Waals surface area contributed by atoms with Crippen LogP contribution in [0.5, 0.6) is 0 Å². The topological polar surface area (TPSA) is 80.0 Å². The van der Waals surface area contributed by atoms with Crippen LogP contribution in [0.15, 0.2) is 65.5 Å². The first-order chi connectivity index (χ1) is 11.3. The van der Waals surface area contributed by atoms with Gasteiger partial charge in [-0.3, -0.25) is 4.98 Å². The summed E-state index contributed by atoms with van der Waals surface area (Å²) in [6.45, 7) is 0. The molecule has 2 heterocycles. The molecule has 0 saturated carbocycles. The van der Waals surface area contributed by atoms with Crippen molar-refractivity contribution in [3.63, 3.8) is 0 Å². The summed E-state index contributed by atoms with van der Waals surface area (Å²) in [6, 6.07) is 14.3. The van der Waals surface area contributed by atoms with Crippen LogP contribution in [0.25, 0.3) is 22.0 Å². The van der Waals surface area contributed by atoms with Crippen molar-refractivity contribution in [1.29, 1.82) is 0 Å². The highest BCUT2D eigenvalue weighted by molar-refractivity contribution is 6.05. The van der Waals surface area contributed by atoms with Crippen LogP contribution in [0, 0.1) is 0 Å². The molecule has 2 N–H and O–H groups in total. The van der Waals surface area contributed by atoms with E-state index in [-0.39, 0.29) is 6.03 Å². The molecule has 2 amide bonds. The Balaban J connectivity index is 1.57. The lowest BCUT2D eigenvalue weighted by Gasteiger charge is -2.09. The Bertz CT molecular complexity index is 1000. The van der Waals surface area contributed by atoms with Gasteiger partial charge in [-0.05, 0) is 30.3 Å². The molecule has 0 unspecified atom stereocenters. The highest BCUT2D eigenvalue weighted by Crippen LogP contribution is 2.22. The first-order valence-corrected chi connectivity index (χ1v) is 7.04. The largest absolute Gasteiger partial charge is 0.443 e. The van der Waals surface area contributed by atoms with E-state index in [2.05, 4.69) is 20.6 Å². The van der Waals surface area contributed by atoms with Crippen molar-refractivity contribution in [2.45, 2.75) is 0 Å². The van der Waals surface area contributed by atoms with E-state index < -0.39 is 0 Å². The lowest BCUT2D eigenvalue weighted by Crippen LogP contribution is -2.19. The molecule has 0 aliphatic heterocycles. The van der Waals surface area contributed by atoms with E-state index in [9.17, 15) is 4.79 Å². The molecule has 23 heavy (non-hydrogen) atoms. The number of urea groups is 1. The van der Waals surface area contributed by atoms with Crippen molar-refractivity contribution in [1.82, 2.24) is 9.97 Å². The third-order valence-corrected chi connectivity index (χ3v) is 3.49. The molecular weight excluding hydrogens is 292 g/mol. The summed E-state index contributed by atoms with van der Waals surface area (Å²) >= 11 is 0. The monoisotopic (exact) mass is 304 g/mol. The van der Waals surface area contributed by atoms with Gasteiger partial charge in [-0.25, -0.2) is 9.78 Å². The number of carbonyl (C=O) groups excluding carboxylic acids is 1. The lowest BCUT2D eigenvalue weighted by molar-refractivity contribution is 0.262. The number of nitrogens with zero attached hydrogens (tertiary/aromatic N) is 2. The Morgan fingerprint density at radius 1 is 0.957 bits per heavy atom. The van der Waals surface area contributed by atoms with E-state index in [1.54, 1.807) is 30.5 Å². The number of benzene rings is 2. The zero-order chi connectivity index (χ0) is 15.6. The van der Waals surface area contributed by atoms with Crippen molar-refractivity contribution in [3.8, 4) is 0 Å². The van der Waals surface area contributed by atoms with Gasteiger partial charge >= 0.3 is 6.03 Å². The molecule has 2 aromatic heterocycles.